The molecule has 0 aliphatic carbocycles. The van der Waals surface area contributed by atoms with Gasteiger partial charge in [-0.25, -0.2) is 0 Å². The molecule has 0 unspecified atom stereocenters. The highest BCUT2D eigenvalue weighted by atomic mass is 16.2. The van der Waals surface area contributed by atoms with Gasteiger partial charge in [0.1, 0.15) is 0 Å². The van der Waals surface area contributed by atoms with Crippen LogP contribution in [0.4, 0.5) is 0 Å². The summed E-state index contributed by atoms with van der Waals surface area (Å²) in [6.07, 6.45) is 0.822. The second-order valence-corrected chi connectivity index (χ2v) is 4.28. The maximum atomic E-state index is 12.2. The van der Waals surface area contributed by atoms with Crippen LogP contribution in [0.5, 0.6) is 0 Å². The van der Waals surface area contributed by atoms with Crippen molar-refractivity contribution in [2.45, 2.75) is 6.42 Å². The van der Waals surface area contributed by atoms with Gasteiger partial charge in [-0.15, -0.1) is 0 Å². The standard InChI is InChI=1S/C13H19N3O/c14-5-4-11-2-1-3-12(10-11)13(17)16-8-6-15-7-9-16/h1-3,10,15H,4-9,14H2. The Balaban J connectivity index is 2.09. The van der Waals surface area contributed by atoms with Gasteiger partial charge in [0.2, 0.25) is 0 Å². The molecule has 0 aromatic heterocycles. The van der Waals surface area contributed by atoms with Gasteiger partial charge in [0.15, 0.2) is 0 Å². The van der Waals surface area contributed by atoms with Gasteiger partial charge in [-0.05, 0) is 30.7 Å². The molecule has 4 heteroatoms. The maximum Gasteiger partial charge on any atom is 0.253 e. The van der Waals surface area contributed by atoms with E-state index in [0.717, 1.165) is 43.7 Å². The van der Waals surface area contributed by atoms with Crippen LogP contribution < -0.4 is 11.1 Å². The SMILES string of the molecule is NCCc1cccc(C(=O)N2CCNCC2)c1. The average molecular weight is 233 g/mol. The van der Waals surface area contributed by atoms with E-state index in [-0.39, 0.29) is 5.91 Å². The number of hydrogen-bond acceptors (Lipinski definition) is 3. The number of carbonyl (C=O) groups is 1. The first-order valence-corrected chi connectivity index (χ1v) is 6.10. The van der Waals surface area contributed by atoms with Crippen molar-refractivity contribution in [3.63, 3.8) is 0 Å². The molecule has 92 valence electrons. The first-order chi connectivity index (χ1) is 8.31. The zero-order valence-electron chi connectivity index (χ0n) is 9.98. The first kappa shape index (κ1) is 12.1. The van der Waals surface area contributed by atoms with Crippen LogP contribution in [0.2, 0.25) is 0 Å². The molecule has 0 atom stereocenters. The molecular weight excluding hydrogens is 214 g/mol. The first-order valence-electron chi connectivity index (χ1n) is 6.10. The molecule has 0 radical (unpaired) electrons. The lowest BCUT2D eigenvalue weighted by Gasteiger charge is -2.27. The van der Waals surface area contributed by atoms with E-state index in [1.165, 1.54) is 0 Å². The summed E-state index contributed by atoms with van der Waals surface area (Å²) in [4.78, 5) is 14.1. The Labute approximate surface area is 102 Å². The third-order valence-corrected chi connectivity index (χ3v) is 3.01. The minimum absolute atomic E-state index is 0.130. The summed E-state index contributed by atoms with van der Waals surface area (Å²) in [6.45, 7) is 3.97. The zero-order chi connectivity index (χ0) is 12.1. The predicted molar refractivity (Wildman–Crippen MR) is 68.0 cm³/mol. The Bertz CT molecular complexity index is 386. The number of hydrogen-bond donors (Lipinski definition) is 2. The molecule has 1 fully saturated rings. The lowest BCUT2D eigenvalue weighted by atomic mass is 10.1. The number of piperazine rings is 1. The zero-order valence-corrected chi connectivity index (χ0v) is 9.98. The van der Waals surface area contributed by atoms with E-state index in [2.05, 4.69) is 5.32 Å². The number of benzene rings is 1. The molecule has 1 amide bonds. The minimum Gasteiger partial charge on any atom is -0.336 e. The van der Waals surface area contributed by atoms with E-state index in [4.69, 9.17) is 5.73 Å². The average Bonchev–Trinajstić information content (AvgIpc) is 2.40. The van der Waals surface area contributed by atoms with E-state index in [9.17, 15) is 4.79 Å². The van der Waals surface area contributed by atoms with E-state index in [0.29, 0.717) is 6.54 Å². The summed E-state index contributed by atoms with van der Waals surface area (Å²) >= 11 is 0. The number of nitrogens with zero attached hydrogens (tertiary/aromatic N) is 1. The summed E-state index contributed by atoms with van der Waals surface area (Å²) < 4.78 is 0. The van der Waals surface area contributed by atoms with Crippen LogP contribution in [0, 0.1) is 0 Å². The highest BCUT2D eigenvalue weighted by Crippen LogP contribution is 2.09. The van der Waals surface area contributed by atoms with Gasteiger partial charge in [0.05, 0.1) is 0 Å². The quantitative estimate of drug-likeness (QED) is 0.786. The van der Waals surface area contributed by atoms with Crippen LogP contribution in [-0.2, 0) is 6.42 Å². The molecule has 2 rings (SSSR count). The largest absolute Gasteiger partial charge is 0.336 e. The van der Waals surface area contributed by atoms with Crippen LogP contribution in [-0.4, -0.2) is 43.5 Å². The van der Waals surface area contributed by atoms with Crippen molar-refractivity contribution in [3.05, 3.63) is 35.4 Å². The summed E-state index contributed by atoms with van der Waals surface area (Å²) in [5.74, 6) is 0.130. The molecule has 17 heavy (non-hydrogen) atoms. The van der Waals surface area contributed by atoms with E-state index in [1.54, 1.807) is 0 Å². The summed E-state index contributed by atoms with van der Waals surface area (Å²) in [5.41, 5.74) is 7.43. The molecule has 0 bridgehead atoms. The van der Waals surface area contributed by atoms with Gasteiger partial charge in [-0.2, -0.15) is 0 Å². The monoisotopic (exact) mass is 233 g/mol. The fourth-order valence-electron chi connectivity index (χ4n) is 2.08. The third kappa shape index (κ3) is 3.05. The number of nitrogens with one attached hydrogen (secondary N) is 1. The Morgan fingerprint density at radius 2 is 2.12 bits per heavy atom. The van der Waals surface area contributed by atoms with E-state index < -0.39 is 0 Å². The molecule has 1 aliphatic rings. The smallest absolute Gasteiger partial charge is 0.253 e. The molecule has 1 aromatic carbocycles. The number of nitrogens with two attached hydrogens (primary N) is 1. The van der Waals surface area contributed by atoms with Crippen molar-refractivity contribution in [2.75, 3.05) is 32.7 Å². The number of carbonyl (C=O) groups excluding carboxylic acids is 1. The van der Waals surface area contributed by atoms with Crippen LogP contribution >= 0.6 is 0 Å². The Morgan fingerprint density at radius 1 is 1.35 bits per heavy atom. The molecule has 0 spiro atoms. The van der Waals surface area contributed by atoms with Crippen molar-refractivity contribution < 1.29 is 4.79 Å². The normalized spacial score (nSPS) is 15.9. The van der Waals surface area contributed by atoms with Crippen LogP contribution in [0.3, 0.4) is 0 Å². The molecule has 0 saturated carbocycles. The summed E-state index contributed by atoms with van der Waals surface area (Å²) in [5, 5.41) is 3.24. The van der Waals surface area contributed by atoms with Crippen LogP contribution in [0.1, 0.15) is 15.9 Å². The molecule has 1 heterocycles. The van der Waals surface area contributed by atoms with Crippen LogP contribution in [0.15, 0.2) is 24.3 Å². The molecule has 4 nitrogen and oxygen atoms in total. The van der Waals surface area contributed by atoms with Gasteiger partial charge >= 0.3 is 0 Å². The summed E-state index contributed by atoms with van der Waals surface area (Å²) in [7, 11) is 0. The second kappa shape index (κ2) is 5.80. The predicted octanol–water partition coefficient (Wildman–Crippen LogP) is 0.233. The van der Waals surface area contributed by atoms with Gasteiger partial charge in [-0.1, -0.05) is 12.1 Å². The third-order valence-electron chi connectivity index (χ3n) is 3.01. The van der Waals surface area contributed by atoms with Crippen molar-refractivity contribution in [1.29, 1.82) is 0 Å². The maximum absolute atomic E-state index is 12.2. The van der Waals surface area contributed by atoms with Crippen molar-refractivity contribution in [3.8, 4) is 0 Å². The Kier molecular flexibility index (Phi) is 4.12. The number of amides is 1. The van der Waals surface area contributed by atoms with E-state index >= 15 is 0 Å². The van der Waals surface area contributed by atoms with E-state index in [1.807, 2.05) is 29.2 Å². The van der Waals surface area contributed by atoms with Gasteiger partial charge in [0, 0.05) is 31.7 Å². The molecule has 3 N–H and O–H groups in total. The van der Waals surface area contributed by atoms with Gasteiger partial charge < -0.3 is 16.0 Å². The highest BCUT2D eigenvalue weighted by Gasteiger charge is 2.17. The Hall–Kier alpha value is -1.39. The molecule has 1 saturated heterocycles. The van der Waals surface area contributed by atoms with Crippen molar-refractivity contribution in [2.24, 2.45) is 5.73 Å². The molecule has 1 aliphatic heterocycles. The lowest BCUT2D eigenvalue weighted by Crippen LogP contribution is -2.46. The van der Waals surface area contributed by atoms with Gasteiger partial charge in [0.25, 0.3) is 5.91 Å². The van der Waals surface area contributed by atoms with Crippen molar-refractivity contribution in [1.82, 2.24) is 10.2 Å². The minimum atomic E-state index is 0.130. The fraction of sp³-hybridized carbons (Fsp3) is 0.462. The van der Waals surface area contributed by atoms with Crippen LogP contribution in [0.25, 0.3) is 0 Å². The lowest BCUT2D eigenvalue weighted by molar-refractivity contribution is 0.0735. The molecular formula is C13H19N3O. The highest BCUT2D eigenvalue weighted by molar-refractivity contribution is 5.94. The second-order valence-electron chi connectivity index (χ2n) is 4.28. The van der Waals surface area contributed by atoms with Gasteiger partial charge in [-0.3, -0.25) is 4.79 Å². The number of rotatable bonds is 3. The summed E-state index contributed by atoms with van der Waals surface area (Å²) in [6, 6.07) is 7.78. The fourth-order valence-corrected chi connectivity index (χ4v) is 2.08. The van der Waals surface area contributed by atoms with Crippen molar-refractivity contribution >= 4 is 5.91 Å². The topological polar surface area (TPSA) is 58.4 Å². The molecule has 1 aromatic rings. The Morgan fingerprint density at radius 3 is 2.82 bits per heavy atom.